The van der Waals surface area contributed by atoms with E-state index in [1.807, 2.05) is 0 Å². The minimum absolute atomic E-state index is 0. The third-order valence-corrected chi connectivity index (χ3v) is 5.40. The Labute approximate surface area is 165 Å². The van der Waals surface area contributed by atoms with Crippen LogP contribution in [0.3, 0.4) is 0 Å². The molecule has 0 aromatic carbocycles. The zero-order valence-electron chi connectivity index (χ0n) is 14.9. The lowest BCUT2D eigenvalue weighted by Gasteiger charge is -2.33. The van der Waals surface area contributed by atoms with Crippen LogP contribution in [0.1, 0.15) is 57.8 Å². The second-order valence-corrected chi connectivity index (χ2v) is 7.36. The summed E-state index contributed by atoms with van der Waals surface area (Å²) in [4.78, 5) is 4.12. The number of halogens is 4. The Morgan fingerprint density at radius 2 is 1.80 bits per heavy atom. The summed E-state index contributed by atoms with van der Waals surface area (Å²) in [5.41, 5.74) is -0.692. The minimum Gasteiger partial charge on any atom is -0.388 e. The van der Waals surface area contributed by atoms with Crippen LogP contribution in [-0.2, 0) is 0 Å². The van der Waals surface area contributed by atoms with E-state index < -0.39 is 17.7 Å². The van der Waals surface area contributed by atoms with Gasteiger partial charge >= 0.3 is 6.18 Å². The van der Waals surface area contributed by atoms with Gasteiger partial charge in [-0.15, -0.1) is 24.0 Å². The molecule has 2 atom stereocenters. The molecule has 2 aliphatic rings. The molecule has 2 unspecified atom stereocenters. The summed E-state index contributed by atoms with van der Waals surface area (Å²) < 4.78 is 38.6. The summed E-state index contributed by atoms with van der Waals surface area (Å²) >= 11 is 0. The molecule has 0 heterocycles. The molecule has 0 radical (unpaired) electrons. The van der Waals surface area contributed by atoms with Crippen molar-refractivity contribution in [3.63, 3.8) is 0 Å². The van der Waals surface area contributed by atoms with Gasteiger partial charge in [0.25, 0.3) is 0 Å². The second-order valence-electron chi connectivity index (χ2n) is 7.36. The molecule has 2 fully saturated rings. The van der Waals surface area contributed by atoms with Crippen LogP contribution in [-0.4, -0.2) is 43.0 Å². The van der Waals surface area contributed by atoms with Gasteiger partial charge in [-0.3, -0.25) is 4.99 Å². The summed E-state index contributed by atoms with van der Waals surface area (Å²) in [6.07, 6.45) is 2.61. The lowest BCUT2D eigenvalue weighted by molar-refractivity contribution is -0.185. The molecule has 4 nitrogen and oxygen atoms in total. The Kier molecular flexibility index (Phi) is 9.28. The van der Waals surface area contributed by atoms with Gasteiger partial charge in [0, 0.05) is 20.1 Å². The van der Waals surface area contributed by atoms with Crippen LogP contribution in [0.15, 0.2) is 4.99 Å². The average Bonchev–Trinajstić information content (AvgIpc) is 2.55. The van der Waals surface area contributed by atoms with Gasteiger partial charge in [-0.1, -0.05) is 25.7 Å². The highest BCUT2D eigenvalue weighted by molar-refractivity contribution is 14.0. The Bertz CT molecular complexity index is 426. The number of alkyl halides is 3. The van der Waals surface area contributed by atoms with Crippen LogP contribution in [0.2, 0.25) is 0 Å². The lowest BCUT2D eigenvalue weighted by Crippen LogP contribution is -2.49. The third kappa shape index (κ3) is 7.48. The van der Waals surface area contributed by atoms with Gasteiger partial charge in [-0.25, -0.2) is 0 Å². The van der Waals surface area contributed by atoms with Crippen LogP contribution in [0.5, 0.6) is 0 Å². The van der Waals surface area contributed by atoms with Crippen LogP contribution in [0.25, 0.3) is 0 Å². The van der Waals surface area contributed by atoms with Gasteiger partial charge in [-0.05, 0) is 38.0 Å². The molecule has 0 saturated heterocycles. The van der Waals surface area contributed by atoms with Crippen LogP contribution < -0.4 is 10.6 Å². The summed E-state index contributed by atoms with van der Waals surface area (Å²) in [6.45, 7) is 0.924. The summed E-state index contributed by atoms with van der Waals surface area (Å²) in [5.74, 6) is -0.596. The van der Waals surface area contributed by atoms with E-state index in [1.165, 1.54) is 0 Å². The van der Waals surface area contributed by atoms with E-state index in [0.717, 1.165) is 38.5 Å². The largest absolute Gasteiger partial charge is 0.391 e. The van der Waals surface area contributed by atoms with Crippen molar-refractivity contribution in [1.29, 1.82) is 0 Å². The molecule has 0 aliphatic heterocycles. The van der Waals surface area contributed by atoms with E-state index in [4.69, 9.17) is 0 Å². The zero-order valence-corrected chi connectivity index (χ0v) is 17.2. The van der Waals surface area contributed by atoms with Crippen molar-refractivity contribution in [1.82, 2.24) is 10.6 Å². The fraction of sp³-hybridized carbons (Fsp3) is 0.941. The Morgan fingerprint density at radius 1 is 1.12 bits per heavy atom. The van der Waals surface area contributed by atoms with Crippen molar-refractivity contribution in [2.45, 2.75) is 69.6 Å². The first-order valence-electron chi connectivity index (χ1n) is 9.06. The molecule has 2 rings (SSSR count). The summed E-state index contributed by atoms with van der Waals surface area (Å²) in [7, 11) is 1.64. The Hall–Kier alpha value is -0.250. The Morgan fingerprint density at radius 3 is 2.40 bits per heavy atom. The first-order chi connectivity index (χ1) is 11.3. The van der Waals surface area contributed by atoms with Gasteiger partial charge in [0.15, 0.2) is 5.96 Å². The first-order valence-corrected chi connectivity index (χ1v) is 9.06. The highest BCUT2D eigenvalue weighted by Crippen LogP contribution is 2.39. The van der Waals surface area contributed by atoms with Crippen molar-refractivity contribution >= 4 is 29.9 Å². The maximum absolute atomic E-state index is 12.9. The van der Waals surface area contributed by atoms with E-state index in [-0.39, 0.29) is 42.7 Å². The highest BCUT2D eigenvalue weighted by Gasteiger charge is 2.42. The van der Waals surface area contributed by atoms with Gasteiger partial charge in [-0.2, -0.15) is 13.2 Å². The van der Waals surface area contributed by atoms with Crippen molar-refractivity contribution in [3.8, 4) is 0 Å². The zero-order chi connectivity index (χ0) is 17.6. The van der Waals surface area contributed by atoms with Crippen molar-refractivity contribution in [3.05, 3.63) is 0 Å². The van der Waals surface area contributed by atoms with Crippen LogP contribution in [0, 0.1) is 11.8 Å². The van der Waals surface area contributed by atoms with Gasteiger partial charge in [0.1, 0.15) is 0 Å². The molecule has 25 heavy (non-hydrogen) atoms. The molecule has 148 valence electrons. The van der Waals surface area contributed by atoms with E-state index >= 15 is 0 Å². The van der Waals surface area contributed by atoms with Crippen molar-refractivity contribution in [2.24, 2.45) is 16.8 Å². The summed E-state index contributed by atoms with van der Waals surface area (Å²) in [5, 5.41) is 16.7. The number of nitrogens with one attached hydrogen (secondary N) is 2. The van der Waals surface area contributed by atoms with E-state index in [1.54, 1.807) is 7.05 Å². The predicted molar refractivity (Wildman–Crippen MR) is 104 cm³/mol. The quantitative estimate of drug-likeness (QED) is 0.328. The van der Waals surface area contributed by atoms with Crippen LogP contribution in [0.4, 0.5) is 13.2 Å². The number of aliphatic hydroxyl groups is 1. The fourth-order valence-corrected chi connectivity index (χ4v) is 3.87. The second kappa shape index (κ2) is 10.2. The van der Waals surface area contributed by atoms with Crippen molar-refractivity contribution < 1.29 is 18.3 Å². The molecule has 2 aliphatic carbocycles. The van der Waals surface area contributed by atoms with E-state index in [9.17, 15) is 18.3 Å². The molecule has 0 bridgehead atoms. The molecular weight excluding hydrogens is 446 g/mol. The molecule has 3 N–H and O–H groups in total. The predicted octanol–water partition coefficient (Wildman–Crippen LogP) is 3.83. The molecule has 0 aromatic rings. The smallest absolute Gasteiger partial charge is 0.388 e. The third-order valence-electron chi connectivity index (χ3n) is 5.40. The van der Waals surface area contributed by atoms with Gasteiger partial charge in [0.2, 0.25) is 0 Å². The molecule has 8 heteroatoms. The number of hydrogen-bond acceptors (Lipinski definition) is 2. The standard InChI is InChI=1S/C17H30F3N3O.HI/c1-21-15(23-12-16(24)8-3-2-4-9-16)22-11-13-6-5-7-14(10-13)17(18,19)20;/h13-14,24H,2-12H2,1H3,(H2,21,22,23);1H. The molecular formula is C17H31F3IN3O. The maximum Gasteiger partial charge on any atom is 0.391 e. The van der Waals surface area contributed by atoms with Crippen LogP contribution >= 0.6 is 24.0 Å². The van der Waals surface area contributed by atoms with E-state index in [2.05, 4.69) is 15.6 Å². The lowest BCUT2D eigenvalue weighted by atomic mass is 9.81. The number of aliphatic imine (C=N–C) groups is 1. The molecule has 0 spiro atoms. The molecule has 0 aromatic heterocycles. The number of guanidine groups is 1. The van der Waals surface area contributed by atoms with Gasteiger partial charge < -0.3 is 15.7 Å². The normalized spacial score (nSPS) is 27.3. The summed E-state index contributed by atoms with van der Waals surface area (Å²) in [6, 6.07) is 0. The average molecular weight is 477 g/mol. The minimum atomic E-state index is -4.08. The number of nitrogens with zero attached hydrogens (tertiary/aromatic N) is 1. The monoisotopic (exact) mass is 477 g/mol. The first kappa shape index (κ1) is 22.8. The molecule has 2 saturated carbocycles. The van der Waals surface area contributed by atoms with Crippen molar-refractivity contribution in [2.75, 3.05) is 20.1 Å². The number of hydrogen-bond donors (Lipinski definition) is 3. The SMILES string of the molecule is CN=C(NCC1CCCC(C(F)(F)F)C1)NCC1(O)CCCCC1.I. The maximum atomic E-state index is 12.9. The molecule has 0 amide bonds. The Balaban J connectivity index is 0.00000312. The highest BCUT2D eigenvalue weighted by atomic mass is 127. The topological polar surface area (TPSA) is 56.7 Å². The fourth-order valence-electron chi connectivity index (χ4n) is 3.87. The van der Waals surface area contributed by atoms with E-state index in [0.29, 0.717) is 25.5 Å². The van der Waals surface area contributed by atoms with Gasteiger partial charge in [0.05, 0.1) is 11.5 Å². The number of rotatable bonds is 4.